The Bertz CT molecular complexity index is 395. The summed E-state index contributed by atoms with van der Waals surface area (Å²) in [7, 11) is 0. The average molecular weight is 333 g/mol. The van der Waals surface area contributed by atoms with Crippen molar-refractivity contribution in [3.05, 3.63) is 27.7 Å². The first-order valence-electron chi connectivity index (χ1n) is 6.50. The highest BCUT2D eigenvalue weighted by Gasteiger charge is 2.19. The van der Waals surface area contributed by atoms with Crippen LogP contribution in [-0.2, 0) is 0 Å². The molecule has 1 N–H and O–H groups in total. The molecule has 1 saturated carbocycles. The lowest BCUT2D eigenvalue weighted by atomic mass is 10.2. The number of ether oxygens (including phenoxy) is 1. The fraction of sp³-hybridized carbons (Fsp3) is 0.571. The molecule has 0 aromatic heterocycles. The van der Waals surface area contributed by atoms with Crippen LogP contribution in [0.1, 0.15) is 32.6 Å². The van der Waals surface area contributed by atoms with E-state index < -0.39 is 0 Å². The first-order valence-corrected chi connectivity index (χ1v) is 7.67. The van der Waals surface area contributed by atoms with E-state index in [0.29, 0.717) is 0 Å². The number of rotatable bonds is 7. The van der Waals surface area contributed by atoms with Gasteiger partial charge >= 0.3 is 0 Å². The Morgan fingerprint density at radius 3 is 2.94 bits per heavy atom. The van der Waals surface area contributed by atoms with Crippen LogP contribution in [0.15, 0.2) is 22.7 Å². The highest BCUT2D eigenvalue weighted by atomic mass is 79.9. The molecule has 0 amide bonds. The molecule has 1 aromatic carbocycles. The summed E-state index contributed by atoms with van der Waals surface area (Å²) >= 11 is 9.36. The Hall–Kier alpha value is -0.250. The molecule has 0 heterocycles. The third-order valence-electron chi connectivity index (χ3n) is 3.02. The van der Waals surface area contributed by atoms with E-state index in [1.807, 2.05) is 18.2 Å². The van der Waals surface area contributed by atoms with Gasteiger partial charge in [0.25, 0.3) is 0 Å². The zero-order valence-corrected chi connectivity index (χ0v) is 12.9. The molecule has 18 heavy (non-hydrogen) atoms. The molecule has 1 aliphatic carbocycles. The zero-order chi connectivity index (χ0) is 13.0. The van der Waals surface area contributed by atoms with Gasteiger partial charge in [0.2, 0.25) is 0 Å². The number of hydrogen-bond donors (Lipinski definition) is 1. The van der Waals surface area contributed by atoms with Crippen molar-refractivity contribution in [1.82, 2.24) is 5.32 Å². The molecule has 0 aliphatic heterocycles. The molecule has 100 valence electrons. The van der Waals surface area contributed by atoms with Gasteiger partial charge in [0, 0.05) is 11.1 Å². The van der Waals surface area contributed by atoms with Crippen molar-refractivity contribution >= 4 is 27.5 Å². The Morgan fingerprint density at radius 2 is 2.28 bits per heavy atom. The summed E-state index contributed by atoms with van der Waals surface area (Å²) in [6, 6.07) is 6.42. The fourth-order valence-electron chi connectivity index (χ4n) is 1.83. The summed E-state index contributed by atoms with van der Waals surface area (Å²) in [5.74, 6) is 0.863. The molecule has 1 unspecified atom stereocenters. The predicted molar refractivity (Wildman–Crippen MR) is 79.5 cm³/mol. The van der Waals surface area contributed by atoms with Gasteiger partial charge in [-0.1, -0.05) is 11.6 Å². The molecule has 0 spiro atoms. The van der Waals surface area contributed by atoms with Crippen molar-refractivity contribution in [1.29, 1.82) is 0 Å². The molecule has 2 nitrogen and oxygen atoms in total. The number of benzene rings is 1. The predicted octanol–water partition coefficient (Wildman–Crippen LogP) is 4.40. The summed E-state index contributed by atoms with van der Waals surface area (Å²) in [6.07, 6.45) is 5.15. The van der Waals surface area contributed by atoms with Crippen molar-refractivity contribution in [2.75, 3.05) is 6.54 Å². The van der Waals surface area contributed by atoms with Crippen LogP contribution in [0, 0.1) is 0 Å². The van der Waals surface area contributed by atoms with Crippen molar-refractivity contribution in [3.8, 4) is 5.75 Å². The van der Waals surface area contributed by atoms with E-state index in [1.54, 1.807) is 0 Å². The second-order valence-electron chi connectivity index (χ2n) is 4.87. The third kappa shape index (κ3) is 4.79. The number of hydrogen-bond acceptors (Lipinski definition) is 2. The van der Waals surface area contributed by atoms with Gasteiger partial charge in [0.1, 0.15) is 5.75 Å². The fourth-order valence-corrected chi connectivity index (χ4v) is 2.61. The largest absolute Gasteiger partial charge is 0.490 e. The summed E-state index contributed by atoms with van der Waals surface area (Å²) in [4.78, 5) is 0. The van der Waals surface area contributed by atoms with Gasteiger partial charge in [-0.25, -0.2) is 0 Å². The molecule has 0 radical (unpaired) electrons. The van der Waals surface area contributed by atoms with Gasteiger partial charge in [-0.05, 0) is 73.3 Å². The van der Waals surface area contributed by atoms with Crippen molar-refractivity contribution in [3.63, 3.8) is 0 Å². The van der Waals surface area contributed by atoms with Crippen LogP contribution in [0.25, 0.3) is 0 Å². The molecule has 1 fully saturated rings. The second kappa shape index (κ2) is 6.78. The van der Waals surface area contributed by atoms with E-state index in [4.69, 9.17) is 16.3 Å². The van der Waals surface area contributed by atoms with E-state index in [-0.39, 0.29) is 6.10 Å². The van der Waals surface area contributed by atoms with Gasteiger partial charge in [-0.3, -0.25) is 0 Å². The average Bonchev–Trinajstić information content (AvgIpc) is 3.12. The van der Waals surface area contributed by atoms with Crippen LogP contribution in [0.4, 0.5) is 0 Å². The van der Waals surface area contributed by atoms with Crippen LogP contribution >= 0.6 is 27.5 Å². The van der Waals surface area contributed by atoms with Gasteiger partial charge in [-0.2, -0.15) is 0 Å². The third-order valence-corrected chi connectivity index (χ3v) is 3.87. The Labute approximate surface area is 122 Å². The zero-order valence-electron chi connectivity index (χ0n) is 10.6. The topological polar surface area (TPSA) is 21.3 Å². The SMILES string of the molecule is CC(CCCNC1CC1)Oc1ccc(Cl)cc1Br. The maximum atomic E-state index is 5.90. The lowest BCUT2D eigenvalue weighted by Crippen LogP contribution is -2.20. The van der Waals surface area contributed by atoms with Gasteiger partial charge in [0.15, 0.2) is 0 Å². The second-order valence-corrected chi connectivity index (χ2v) is 6.16. The minimum absolute atomic E-state index is 0.225. The first kappa shape index (κ1) is 14.2. The maximum absolute atomic E-state index is 5.90. The van der Waals surface area contributed by atoms with E-state index in [0.717, 1.165) is 40.7 Å². The van der Waals surface area contributed by atoms with Crippen LogP contribution in [0.3, 0.4) is 0 Å². The quantitative estimate of drug-likeness (QED) is 0.747. The number of nitrogens with one attached hydrogen (secondary N) is 1. The molecule has 4 heteroatoms. The molecule has 2 rings (SSSR count). The van der Waals surface area contributed by atoms with Gasteiger partial charge in [0.05, 0.1) is 10.6 Å². The normalized spacial score (nSPS) is 16.6. The minimum Gasteiger partial charge on any atom is -0.490 e. The molecular weight excluding hydrogens is 314 g/mol. The smallest absolute Gasteiger partial charge is 0.133 e. The Morgan fingerprint density at radius 1 is 1.50 bits per heavy atom. The van der Waals surface area contributed by atoms with Crippen LogP contribution in [0.2, 0.25) is 5.02 Å². The van der Waals surface area contributed by atoms with Crippen LogP contribution in [0.5, 0.6) is 5.75 Å². The van der Waals surface area contributed by atoms with Gasteiger partial charge in [-0.15, -0.1) is 0 Å². The summed E-state index contributed by atoms with van der Waals surface area (Å²) in [5.41, 5.74) is 0. The van der Waals surface area contributed by atoms with Crippen molar-refractivity contribution in [2.45, 2.75) is 44.8 Å². The van der Waals surface area contributed by atoms with Crippen LogP contribution < -0.4 is 10.1 Å². The van der Waals surface area contributed by atoms with E-state index in [1.165, 1.54) is 12.8 Å². The Balaban J connectivity index is 1.70. The molecule has 0 saturated heterocycles. The van der Waals surface area contributed by atoms with Crippen LogP contribution in [-0.4, -0.2) is 18.7 Å². The lowest BCUT2D eigenvalue weighted by Gasteiger charge is -2.16. The summed E-state index contributed by atoms with van der Waals surface area (Å²) in [5, 5.41) is 4.23. The van der Waals surface area contributed by atoms with E-state index in [2.05, 4.69) is 28.2 Å². The van der Waals surface area contributed by atoms with Gasteiger partial charge < -0.3 is 10.1 Å². The lowest BCUT2D eigenvalue weighted by molar-refractivity contribution is 0.206. The molecule has 1 atom stereocenters. The standard InChI is InChI=1S/C14H19BrClNO/c1-10(3-2-8-17-12-5-6-12)18-14-7-4-11(16)9-13(14)15/h4,7,9-10,12,17H,2-3,5-6,8H2,1H3. The van der Waals surface area contributed by atoms with E-state index in [9.17, 15) is 0 Å². The molecule has 0 bridgehead atoms. The highest BCUT2D eigenvalue weighted by Crippen LogP contribution is 2.29. The van der Waals surface area contributed by atoms with Crippen molar-refractivity contribution in [2.24, 2.45) is 0 Å². The van der Waals surface area contributed by atoms with Crippen molar-refractivity contribution < 1.29 is 4.74 Å². The minimum atomic E-state index is 0.225. The first-order chi connectivity index (χ1) is 8.65. The summed E-state index contributed by atoms with van der Waals surface area (Å²) in [6.45, 7) is 3.21. The molecular formula is C14H19BrClNO. The Kier molecular flexibility index (Phi) is 5.34. The molecule has 1 aromatic rings. The summed E-state index contributed by atoms with van der Waals surface area (Å²) < 4.78 is 6.80. The number of halogens is 2. The van der Waals surface area contributed by atoms with E-state index >= 15 is 0 Å². The maximum Gasteiger partial charge on any atom is 0.133 e. The highest BCUT2D eigenvalue weighted by molar-refractivity contribution is 9.10. The molecule has 1 aliphatic rings. The monoisotopic (exact) mass is 331 g/mol.